The summed E-state index contributed by atoms with van der Waals surface area (Å²) in [4.78, 5) is 39.1. The van der Waals surface area contributed by atoms with Crippen molar-refractivity contribution in [3.05, 3.63) is 22.5 Å². The van der Waals surface area contributed by atoms with Gasteiger partial charge in [-0.1, -0.05) is 0 Å². The van der Waals surface area contributed by atoms with Crippen LogP contribution in [0.5, 0.6) is 0 Å². The number of aryl methyl sites for hydroxylation is 1. The summed E-state index contributed by atoms with van der Waals surface area (Å²) in [5, 5.41) is 2.61. The fourth-order valence-corrected chi connectivity index (χ4v) is 5.24. The monoisotopic (exact) mass is 400 g/mol. The standard InChI is InChI=1S/C17H24N2O7S/c1-5-25-16(22)14-10(2)13(11(3)18-14)15(21)26-8-12(20)19-17(4)6-7-27(23,24)9-17/h18H,5-9H2,1-4H3,(H,19,20). The Bertz CT molecular complexity index is 872. The van der Waals surface area contributed by atoms with Gasteiger partial charge in [0.1, 0.15) is 5.69 Å². The van der Waals surface area contributed by atoms with E-state index in [1.165, 1.54) is 0 Å². The predicted octanol–water partition coefficient (Wildman–Crippen LogP) is 0.658. The summed E-state index contributed by atoms with van der Waals surface area (Å²) in [6.07, 6.45) is 0.313. The van der Waals surface area contributed by atoms with E-state index in [0.717, 1.165) is 0 Å². The molecule has 0 saturated carbocycles. The summed E-state index contributed by atoms with van der Waals surface area (Å²) >= 11 is 0. The van der Waals surface area contributed by atoms with Gasteiger partial charge in [-0.15, -0.1) is 0 Å². The molecule has 1 aromatic rings. The molecule has 27 heavy (non-hydrogen) atoms. The highest BCUT2D eigenvalue weighted by atomic mass is 32.2. The second-order valence-electron chi connectivity index (χ2n) is 6.87. The van der Waals surface area contributed by atoms with E-state index in [0.29, 0.717) is 17.7 Å². The second-order valence-corrected chi connectivity index (χ2v) is 9.06. The SMILES string of the molecule is CCOC(=O)c1[nH]c(C)c(C(=O)OCC(=O)NC2(C)CCS(=O)(=O)C2)c1C. The number of aromatic amines is 1. The molecule has 9 nitrogen and oxygen atoms in total. The number of esters is 2. The maximum atomic E-state index is 12.3. The van der Waals surface area contributed by atoms with Crippen molar-refractivity contribution < 1.29 is 32.3 Å². The second kappa shape index (κ2) is 7.71. The molecule has 0 spiro atoms. The van der Waals surface area contributed by atoms with Gasteiger partial charge in [-0.2, -0.15) is 0 Å². The van der Waals surface area contributed by atoms with Crippen molar-refractivity contribution in [3.8, 4) is 0 Å². The number of rotatable bonds is 6. The first-order valence-corrected chi connectivity index (χ1v) is 10.3. The molecule has 1 aromatic heterocycles. The van der Waals surface area contributed by atoms with Crippen molar-refractivity contribution in [3.63, 3.8) is 0 Å². The van der Waals surface area contributed by atoms with E-state index < -0.39 is 39.8 Å². The third kappa shape index (κ3) is 4.88. The molecule has 2 heterocycles. The smallest absolute Gasteiger partial charge is 0.355 e. The zero-order valence-corrected chi connectivity index (χ0v) is 16.6. The third-order valence-corrected chi connectivity index (χ3v) is 6.30. The Balaban J connectivity index is 2.00. The Morgan fingerprint density at radius 2 is 1.85 bits per heavy atom. The number of ether oxygens (including phenoxy) is 2. The fourth-order valence-electron chi connectivity index (χ4n) is 3.15. The van der Waals surface area contributed by atoms with Crippen LogP contribution in [0.2, 0.25) is 0 Å². The predicted molar refractivity (Wildman–Crippen MR) is 96.3 cm³/mol. The average molecular weight is 400 g/mol. The van der Waals surface area contributed by atoms with Gasteiger partial charge in [-0.05, 0) is 39.7 Å². The molecular weight excluding hydrogens is 376 g/mol. The summed E-state index contributed by atoms with van der Waals surface area (Å²) in [5.74, 6) is -2.04. The van der Waals surface area contributed by atoms with Crippen molar-refractivity contribution in [1.29, 1.82) is 0 Å². The molecule has 1 fully saturated rings. The molecular formula is C17H24N2O7S. The van der Waals surface area contributed by atoms with E-state index in [4.69, 9.17) is 9.47 Å². The number of H-pyrrole nitrogens is 1. The minimum absolute atomic E-state index is 0.0158. The molecule has 10 heteroatoms. The van der Waals surface area contributed by atoms with Crippen LogP contribution in [0.3, 0.4) is 0 Å². The highest BCUT2D eigenvalue weighted by Crippen LogP contribution is 2.23. The lowest BCUT2D eigenvalue weighted by atomic mass is 10.0. The van der Waals surface area contributed by atoms with E-state index in [-0.39, 0.29) is 29.4 Å². The molecule has 1 aliphatic heterocycles. The highest BCUT2D eigenvalue weighted by Gasteiger charge is 2.39. The first kappa shape index (κ1) is 20.9. The average Bonchev–Trinajstić information content (AvgIpc) is 3.00. The van der Waals surface area contributed by atoms with Crippen LogP contribution in [-0.4, -0.2) is 61.5 Å². The Labute approximate surface area is 157 Å². The van der Waals surface area contributed by atoms with Crippen molar-refractivity contribution in [2.75, 3.05) is 24.7 Å². The zero-order valence-electron chi connectivity index (χ0n) is 15.8. The molecule has 0 aliphatic carbocycles. The van der Waals surface area contributed by atoms with Crippen LogP contribution in [0, 0.1) is 13.8 Å². The van der Waals surface area contributed by atoms with Crippen LogP contribution in [0.1, 0.15) is 52.4 Å². The number of aromatic nitrogens is 1. The van der Waals surface area contributed by atoms with E-state index in [1.807, 2.05) is 0 Å². The van der Waals surface area contributed by atoms with Crippen LogP contribution in [0.4, 0.5) is 0 Å². The van der Waals surface area contributed by atoms with Crippen LogP contribution in [0.15, 0.2) is 0 Å². The lowest BCUT2D eigenvalue weighted by Crippen LogP contribution is -2.48. The molecule has 150 valence electrons. The number of amides is 1. The molecule has 2 rings (SSSR count). The topological polar surface area (TPSA) is 132 Å². The highest BCUT2D eigenvalue weighted by molar-refractivity contribution is 7.91. The maximum Gasteiger partial charge on any atom is 0.355 e. The summed E-state index contributed by atoms with van der Waals surface area (Å²) in [5.41, 5.74) is 0.272. The van der Waals surface area contributed by atoms with Gasteiger partial charge in [0.15, 0.2) is 16.4 Å². The van der Waals surface area contributed by atoms with Gasteiger partial charge < -0.3 is 19.8 Å². The first-order valence-electron chi connectivity index (χ1n) is 8.53. The zero-order chi connectivity index (χ0) is 20.4. The minimum atomic E-state index is -3.17. The number of nitrogens with one attached hydrogen (secondary N) is 2. The van der Waals surface area contributed by atoms with Crippen molar-refractivity contribution >= 4 is 27.7 Å². The normalized spacial score (nSPS) is 20.9. The molecule has 0 aromatic carbocycles. The molecule has 1 amide bonds. The largest absolute Gasteiger partial charge is 0.461 e. The van der Waals surface area contributed by atoms with Crippen LogP contribution >= 0.6 is 0 Å². The van der Waals surface area contributed by atoms with Crippen LogP contribution in [0.25, 0.3) is 0 Å². The van der Waals surface area contributed by atoms with Crippen LogP contribution < -0.4 is 5.32 Å². The quantitative estimate of drug-likeness (QED) is 0.670. The van der Waals surface area contributed by atoms with Crippen molar-refractivity contribution in [2.24, 2.45) is 0 Å². The lowest BCUT2D eigenvalue weighted by Gasteiger charge is -2.23. The Morgan fingerprint density at radius 3 is 2.41 bits per heavy atom. The number of carbonyl (C=O) groups excluding carboxylic acids is 3. The van der Waals surface area contributed by atoms with Gasteiger partial charge in [0.2, 0.25) is 0 Å². The van der Waals surface area contributed by atoms with E-state index >= 15 is 0 Å². The van der Waals surface area contributed by atoms with E-state index in [1.54, 1.807) is 27.7 Å². The molecule has 1 aliphatic rings. The molecule has 1 unspecified atom stereocenters. The summed E-state index contributed by atoms with van der Waals surface area (Å²) < 4.78 is 33.1. The Morgan fingerprint density at radius 1 is 1.19 bits per heavy atom. The molecule has 0 radical (unpaired) electrons. The number of carbonyl (C=O) groups is 3. The fraction of sp³-hybridized carbons (Fsp3) is 0.588. The van der Waals surface area contributed by atoms with Gasteiger partial charge in [-0.3, -0.25) is 4.79 Å². The summed E-state index contributed by atoms with van der Waals surface area (Å²) in [7, 11) is -3.17. The van der Waals surface area contributed by atoms with Crippen LogP contribution in [-0.2, 0) is 24.1 Å². The van der Waals surface area contributed by atoms with Crippen molar-refractivity contribution in [1.82, 2.24) is 10.3 Å². The molecule has 1 atom stereocenters. The summed E-state index contributed by atoms with van der Waals surface area (Å²) in [6, 6.07) is 0. The Hall–Kier alpha value is -2.36. The summed E-state index contributed by atoms with van der Waals surface area (Å²) in [6.45, 7) is 6.15. The van der Waals surface area contributed by atoms with Crippen molar-refractivity contribution in [2.45, 2.75) is 39.7 Å². The number of hydrogen-bond donors (Lipinski definition) is 2. The number of hydrogen-bond acceptors (Lipinski definition) is 7. The number of sulfone groups is 1. The van der Waals surface area contributed by atoms with Gasteiger partial charge in [0, 0.05) is 5.69 Å². The van der Waals surface area contributed by atoms with Gasteiger partial charge >= 0.3 is 11.9 Å². The lowest BCUT2D eigenvalue weighted by molar-refractivity contribution is -0.125. The van der Waals surface area contributed by atoms with Gasteiger partial charge in [0.05, 0.1) is 29.2 Å². The van der Waals surface area contributed by atoms with E-state index in [9.17, 15) is 22.8 Å². The third-order valence-electron chi connectivity index (χ3n) is 4.40. The van der Waals surface area contributed by atoms with Gasteiger partial charge in [-0.25, -0.2) is 18.0 Å². The molecule has 1 saturated heterocycles. The molecule has 2 N–H and O–H groups in total. The first-order chi connectivity index (χ1) is 12.5. The Kier molecular flexibility index (Phi) is 5.98. The molecule has 0 bridgehead atoms. The maximum absolute atomic E-state index is 12.3. The van der Waals surface area contributed by atoms with E-state index in [2.05, 4.69) is 10.3 Å². The van der Waals surface area contributed by atoms with Gasteiger partial charge in [0.25, 0.3) is 5.91 Å². The minimum Gasteiger partial charge on any atom is -0.461 e.